The van der Waals surface area contributed by atoms with Crippen LogP contribution in [-0.2, 0) is 12.1 Å². The Balaban J connectivity index is 2.56. The molecule has 82 valence electrons. The topological polar surface area (TPSA) is 0 Å². The highest BCUT2D eigenvalue weighted by atomic mass is 79.9. The molecule has 0 saturated heterocycles. The maximum absolute atomic E-state index is 13.8. The Morgan fingerprint density at radius 3 is 2.53 bits per heavy atom. The van der Waals surface area contributed by atoms with Crippen molar-refractivity contribution in [3.05, 3.63) is 33.8 Å². The van der Waals surface area contributed by atoms with Gasteiger partial charge in [-0.15, -0.1) is 0 Å². The summed E-state index contributed by atoms with van der Waals surface area (Å²) in [5.41, 5.74) is -2.98. The second kappa shape index (κ2) is 3.20. The molecule has 0 nitrogen and oxygen atoms in total. The zero-order chi connectivity index (χ0) is 11.3. The maximum Gasteiger partial charge on any atom is 0.426 e. The van der Waals surface area contributed by atoms with E-state index < -0.39 is 18.3 Å². The molecule has 0 bridgehead atoms. The van der Waals surface area contributed by atoms with Crippen LogP contribution in [0.3, 0.4) is 0 Å². The summed E-state index contributed by atoms with van der Waals surface area (Å²) in [7, 11) is 0. The molecular formula is C10H7BrF4. The number of halogens is 5. The number of benzene rings is 1. The molecule has 1 aromatic rings. The van der Waals surface area contributed by atoms with Crippen molar-refractivity contribution in [2.24, 2.45) is 0 Å². The smallest absolute Gasteiger partial charge is 0.229 e. The van der Waals surface area contributed by atoms with Gasteiger partial charge in [0.25, 0.3) is 0 Å². The molecule has 15 heavy (non-hydrogen) atoms. The first kappa shape index (κ1) is 10.9. The molecule has 0 aromatic heterocycles. The third-order valence-electron chi connectivity index (χ3n) is 2.69. The quantitative estimate of drug-likeness (QED) is 0.628. The Morgan fingerprint density at radius 2 is 1.93 bits per heavy atom. The van der Waals surface area contributed by atoms with Gasteiger partial charge in [-0.1, -0.05) is 22.0 Å². The molecule has 5 heteroatoms. The summed E-state index contributed by atoms with van der Waals surface area (Å²) in [6, 6.07) is 4.38. The summed E-state index contributed by atoms with van der Waals surface area (Å²) in [5, 5.41) is 0. The minimum atomic E-state index is -4.83. The van der Waals surface area contributed by atoms with Crippen LogP contribution >= 0.6 is 15.9 Å². The van der Waals surface area contributed by atoms with Gasteiger partial charge in [-0.05, 0) is 30.5 Å². The molecule has 2 rings (SSSR count). The van der Waals surface area contributed by atoms with E-state index >= 15 is 0 Å². The average molecular weight is 283 g/mol. The first-order chi connectivity index (χ1) is 6.84. The van der Waals surface area contributed by atoms with Crippen molar-refractivity contribution in [3.8, 4) is 0 Å². The van der Waals surface area contributed by atoms with Gasteiger partial charge in [0.05, 0.1) is 0 Å². The van der Waals surface area contributed by atoms with E-state index in [4.69, 9.17) is 0 Å². The Hall–Kier alpha value is -0.580. The molecular weight excluding hydrogens is 276 g/mol. The van der Waals surface area contributed by atoms with Gasteiger partial charge in [0.1, 0.15) is 0 Å². The number of aryl methyl sites for hydroxylation is 1. The molecule has 0 amide bonds. The summed E-state index contributed by atoms with van der Waals surface area (Å²) < 4.78 is 52.0. The van der Waals surface area contributed by atoms with E-state index in [0.29, 0.717) is 10.0 Å². The van der Waals surface area contributed by atoms with Gasteiger partial charge in [-0.3, -0.25) is 0 Å². The fourth-order valence-electron chi connectivity index (χ4n) is 1.87. The average Bonchev–Trinajstić information content (AvgIpc) is 2.44. The van der Waals surface area contributed by atoms with Gasteiger partial charge in [0.15, 0.2) is 0 Å². The molecule has 1 aliphatic rings. The molecule has 1 aliphatic carbocycles. The highest BCUT2D eigenvalue weighted by molar-refractivity contribution is 9.10. The third-order valence-corrected chi connectivity index (χ3v) is 3.18. The summed E-state index contributed by atoms with van der Waals surface area (Å²) in [4.78, 5) is 0. The van der Waals surface area contributed by atoms with Crippen molar-refractivity contribution < 1.29 is 17.6 Å². The van der Waals surface area contributed by atoms with Crippen molar-refractivity contribution in [2.45, 2.75) is 24.7 Å². The van der Waals surface area contributed by atoms with E-state index in [1.807, 2.05) is 0 Å². The lowest BCUT2D eigenvalue weighted by Crippen LogP contribution is -2.35. The second-order valence-electron chi connectivity index (χ2n) is 3.60. The fraction of sp³-hybridized carbons (Fsp3) is 0.400. The molecule has 0 spiro atoms. The van der Waals surface area contributed by atoms with E-state index in [1.54, 1.807) is 6.07 Å². The predicted octanol–water partition coefficient (Wildman–Crippen LogP) is 4.12. The zero-order valence-electron chi connectivity index (χ0n) is 7.54. The Bertz CT molecular complexity index is 399. The molecule has 0 fully saturated rings. The van der Waals surface area contributed by atoms with Crippen LogP contribution in [0.25, 0.3) is 0 Å². The number of fused-ring (bicyclic) bond motifs is 1. The molecule has 0 N–H and O–H groups in total. The summed E-state index contributed by atoms with van der Waals surface area (Å²) in [5.74, 6) is 0. The molecule has 1 unspecified atom stereocenters. The second-order valence-corrected chi connectivity index (χ2v) is 4.52. The SMILES string of the molecule is FC(F)(F)C1(F)CCc2ccc(Br)cc21. The number of rotatable bonds is 0. The van der Waals surface area contributed by atoms with E-state index in [0.717, 1.165) is 0 Å². The molecule has 1 aromatic carbocycles. The fourth-order valence-corrected chi connectivity index (χ4v) is 2.23. The number of alkyl halides is 4. The molecule has 0 aliphatic heterocycles. The number of hydrogen-bond acceptors (Lipinski definition) is 0. The van der Waals surface area contributed by atoms with Crippen LogP contribution in [0.1, 0.15) is 17.5 Å². The van der Waals surface area contributed by atoms with E-state index in [2.05, 4.69) is 15.9 Å². The van der Waals surface area contributed by atoms with E-state index in [1.165, 1.54) is 12.1 Å². The van der Waals surface area contributed by atoms with Crippen molar-refractivity contribution in [3.63, 3.8) is 0 Å². The highest BCUT2D eigenvalue weighted by Gasteiger charge is 2.59. The van der Waals surface area contributed by atoms with Crippen molar-refractivity contribution in [1.82, 2.24) is 0 Å². The van der Waals surface area contributed by atoms with Crippen LogP contribution in [0.4, 0.5) is 17.6 Å². The third kappa shape index (κ3) is 1.57. The molecule has 0 radical (unpaired) electrons. The van der Waals surface area contributed by atoms with Gasteiger partial charge in [-0.2, -0.15) is 13.2 Å². The first-order valence-corrected chi connectivity index (χ1v) is 5.18. The van der Waals surface area contributed by atoms with Gasteiger partial charge < -0.3 is 0 Å². The van der Waals surface area contributed by atoms with E-state index in [9.17, 15) is 17.6 Å². The van der Waals surface area contributed by atoms with Gasteiger partial charge in [0.2, 0.25) is 5.67 Å². The molecule has 1 atom stereocenters. The lowest BCUT2D eigenvalue weighted by molar-refractivity contribution is -0.234. The van der Waals surface area contributed by atoms with Crippen LogP contribution < -0.4 is 0 Å². The van der Waals surface area contributed by atoms with Crippen molar-refractivity contribution in [1.29, 1.82) is 0 Å². The zero-order valence-corrected chi connectivity index (χ0v) is 9.12. The largest absolute Gasteiger partial charge is 0.426 e. The van der Waals surface area contributed by atoms with Crippen molar-refractivity contribution >= 4 is 15.9 Å². The normalized spacial score (nSPS) is 25.4. The Labute approximate surface area is 92.4 Å². The Morgan fingerprint density at radius 1 is 1.27 bits per heavy atom. The lowest BCUT2D eigenvalue weighted by atomic mass is 9.97. The minimum Gasteiger partial charge on any atom is -0.229 e. The Kier molecular flexibility index (Phi) is 2.33. The van der Waals surface area contributed by atoms with Gasteiger partial charge >= 0.3 is 6.18 Å². The van der Waals surface area contributed by atoms with Crippen LogP contribution in [0, 0.1) is 0 Å². The summed E-state index contributed by atoms with van der Waals surface area (Å²) in [6.07, 6.45) is -5.21. The standard InChI is InChI=1S/C10H7BrF4/c11-7-2-1-6-3-4-9(12,8(6)5-7)10(13,14)15/h1-2,5H,3-4H2. The highest BCUT2D eigenvalue weighted by Crippen LogP contribution is 2.51. The monoisotopic (exact) mass is 282 g/mol. The van der Waals surface area contributed by atoms with Gasteiger partial charge in [-0.25, -0.2) is 4.39 Å². The minimum absolute atomic E-state index is 0.138. The van der Waals surface area contributed by atoms with Gasteiger partial charge in [0, 0.05) is 10.0 Å². The first-order valence-electron chi connectivity index (χ1n) is 4.39. The van der Waals surface area contributed by atoms with Crippen molar-refractivity contribution in [2.75, 3.05) is 0 Å². The summed E-state index contributed by atoms with van der Waals surface area (Å²) in [6.45, 7) is 0. The maximum atomic E-state index is 13.8. The van der Waals surface area contributed by atoms with Crippen LogP contribution in [0.15, 0.2) is 22.7 Å². The lowest BCUT2D eigenvalue weighted by Gasteiger charge is -2.24. The summed E-state index contributed by atoms with van der Waals surface area (Å²) >= 11 is 3.05. The molecule has 0 heterocycles. The van der Waals surface area contributed by atoms with Crippen LogP contribution in [-0.4, -0.2) is 6.18 Å². The van der Waals surface area contributed by atoms with E-state index in [-0.39, 0.29) is 12.0 Å². The van der Waals surface area contributed by atoms with Crippen LogP contribution in [0.5, 0.6) is 0 Å². The number of hydrogen-bond donors (Lipinski definition) is 0. The molecule has 0 saturated carbocycles. The predicted molar refractivity (Wildman–Crippen MR) is 51.3 cm³/mol. The van der Waals surface area contributed by atoms with Crippen LogP contribution in [0.2, 0.25) is 0 Å².